The van der Waals surface area contributed by atoms with Gasteiger partial charge in [-0.2, -0.15) is 5.10 Å². The molecule has 7 nitrogen and oxygen atoms in total. The summed E-state index contributed by atoms with van der Waals surface area (Å²) in [5.74, 6) is 0.211. The molecule has 7 heteroatoms. The zero-order chi connectivity index (χ0) is 19.6. The minimum atomic E-state index is -0.623. The van der Waals surface area contributed by atoms with E-state index in [1.165, 1.54) is 0 Å². The van der Waals surface area contributed by atoms with Gasteiger partial charge >= 0.3 is 0 Å². The third kappa shape index (κ3) is 3.61. The van der Waals surface area contributed by atoms with Gasteiger partial charge in [0, 0.05) is 45.9 Å². The molecule has 1 aromatic rings. The molecule has 0 aromatic carbocycles. The molecule has 0 N–H and O–H groups in total. The lowest BCUT2D eigenvalue weighted by molar-refractivity contribution is -0.155. The van der Waals surface area contributed by atoms with Crippen LogP contribution in [0.4, 0.5) is 0 Å². The summed E-state index contributed by atoms with van der Waals surface area (Å²) in [6.45, 7) is 6.62. The van der Waals surface area contributed by atoms with Crippen LogP contribution >= 0.6 is 0 Å². The van der Waals surface area contributed by atoms with Crippen molar-refractivity contribution in [2.45, 2.75) is 57.9 Å². The smallest absolute Gasteiger partial charge is 0.248 e. The van der Waals surface area contributed by atoms with Crippen molar-refractivity contribution in [2.24, 2.45) is 7.05 Å². The normalized spacial score (nSPS) is 22.9. The summed E-state index contributed by atoms with van der Waals surface area (Å²) in [5.41, 5.74) is 2.62. The number of likely N-dealkylation sites (tertiary alicyclic amines) is 2. The van der Waals surface area contributed by atoms with Crippen molar-refractivity contribution in [3.63, 3.8) is 0 Å². The number of aryl methyl sites for hydroxylation is 2. The van der Waals surface area contributed by atoms with Crippen molar-refractivity contribution in [3.8, 4) is 0 Å². The Hall–Kier alpha value is -1.89. The van der Waals surface area contributed by atoms with Gasteiger partial charge in [-0.3, -0.25) is 14.3 Å². The lowest BCUT2D eigenvalue weighted by Crippen LogP contribution is -2.61. The summed E-state index contributed by atoms with van der Waals surface area (Å²) < 4.78 is 7.01. The Bertz CT molecular complexity index is 714. The number of amides is 2. The second kappa shape index (κ2) is 8.00. The van der Waals surface area contributed by atoms with Gasteiger partial charge in [-0.25, -0.2) is 0 Å². The highest BCUT2D eigenvalue weighted by Crippen LogP contribution is 2.38. The van der Waals surface area contributed by atoms with Gasteiger partial charge in [0.2, 0.25) is 11.8 Å². The van der Waals surface area contributed by atoms with Crippen LogP contribution in [0.5, 0.6) is 0 Å². The Morgan fingerprint density at radius 2 is 1.93 bits per heavy atom. The molecule has 27 heavy (non-hydrogen) atoms. The van der Waals surface area contributed by atoms with Crippen molar-refractivity contribution in [1.82, 2.24) is 19.6 Å². The van der Waals surface area contributed by atoms with Crippen molar-refractivity contribution in [2.75, 3.05) is 33.4 Å². The summed E-state index contributed by atoms with van der Waals surface area (Å²) in [6, 6.07) is 0. The number of hydrogen-bond acceptors (Lipinski definition) is 4. The number of hydrogen-bond donors (Lipinski definition) is 0. The summed E-state index contributed by atoms with van der Waals surface area (Å²) in [6.07, 6.45) is 4.53. The standard InChI is InChI=1S/C20H32N4O3/c1-15-17(16(2)22(3)21-15)7-8-18(25)24-12-6-10-20(24)9-5-11-23(19(20)26)13-14-27-4/h5-14H2,1-4H3. The highest BCUT2D eigenvalue weighted by atomic mass is 16.5. The van der Waals surface area contributed by atoms with Crippen LogP contribution in [0.1, 0.15) is 49.1 Å². The Morgan fingerprint density at radius 3 is 2.56 bits per heavy atom. The van der Waals surface area contributed by atoms with E-state index in [9.17, 15) is 9.59 Å². The van der Waals surface area contributed by atoms with Gasteiger partial charge in [-0.15, -0.1) is 0 Å². The summed E-state index contributed by atoms with van der Waals surface area (Å²) in [5, 5.41) is 4.44. The highest BCUT2D eigenvalue weighted by molar-refractivity contribution is 5.92. The summed E-state index contributed by atoms with van der Waals surface area (Å²) in [7, 11) is 3.58. The summed E-state index contributed by atoms with van der Waals surface area (Å²) >= 11 is 0. The number of piperidine rings is 1. The first-order valence-electron chi connectivity index (χ1n) is 9.98. The molecule has 3 rings (SSSR count). The quantitative estimate of drug-likeness (QED) is 0.756. The van der Waals surface area contributed by atoms with Crippen molar-refractivity contribution in [3.05, 3.63) is 17.0 Å². The molecule has 1 aromatic heterocycles. The fraction of sp³-hybridized carbons (Fsp3) is 0.750. The minimum absolute atomic E-state index is 0.0945. The zero-order valence-corrected chi connectivity index (χ0v) is 17.1. The van der Waals surface area contributed by atoms with Gasteiger partial charge in [-0.1, -0.05) is 0 Å². The molecule has 2 aliphatic rings. The average Bonchev–Trinajstić information content (AvgIpc) is 3.17. The third-order valence-corrected chi connectivity index (χ3v) is 6.31. The molecule has 0 saturated carbocycles. The van der Waals surface area contributed by atoms with E-state index < -0.39 is 5.54 Å². The fourth-order valence-electron chi connectivity index (χ4n) is 4.75. The first-order chi connectivity index (χ1) is 12.9. The molecule has 0 aliphatic carbocycles. The second-order valence-corrected chi connectivity index (χ2v) is 7.84. The minimum Gasteiger partial charge on any atom is -0.383 e. The Kier molecular flexibility index (Phi) is 5.89. The topological polar surface area (TPSA) is 67.7 Å². The number of nitrogens with zero attached hydrogens (tertiary/aromatic N) is 4. The lowest BCUT2D eigenvalue weighted by atomic mass is 9.85. The molecule has 1 spiro atoms. The Morgan fingerprint density at radius 1 is 1.22 bits per heavy atom. The molecule has 150 valence electrons. The predicted molar refractivity (Wildman–Crippen MR) is 102 cm³/mol. The highest BCUT2D eigenvalue weighted by Gasteiger charge is 2.52. The largest absolute Gasteiger partial charge is 0.383 e. The van der Waals surface area contributed by atoms with E-state index in [2.05, 4.69) is 5.10 Å². The maximum atomic E-state index is 13.2. The van der Waals surface area contributed by atoms with E-state index >= 15 is 0 Å². The molecular weight excluding hydrogens is 344 g/mol. The molecule has 2 amide bonds. The van der Waals surface area contributed by atoms with E-state index in [1.807, 2.05) is 35.4 Å². The molecular formula is C20H32N4O3. The van der Waals surface area contributed by atoms with E-state index in [0.29, 0.717) is 32.5 Å². The van der Waals surface area contributed by atoms with Crippen LogP contribution in [-0.4, -0.2) is 70.3 Å². The Balaban J connectivity index is 1.71. The predicted octanol–water partition coefficient (Wildman–Crippen LogP) is 1.60. The van der Waals surface area contributed by atoms with Crippen molar-refractivity contribution in [1.29, 1.82) is 0 Å². The molecule has 2 saturated heterocycles. The van der Waals surface area contributed by atoms with Crippen LogP contribution in [-0.2, 0) is 27.8 Å². The zero-order valence-electron chi connectivity index (χ0n) is 17.1. The lowest BCUT2D eigenvalue weighted by Gasteiger charge is -2.44. The van der Waals surface area contributed by atoms with Crippen LogP contribution in [0.3, 0.4) is 0 Å². The van der Waals surface area contributed by atoms with Crippen LogP contribution in [0.25, 0.3) is 0 Å². The van der Waals surface area contributed by atoms with Gasteiger partial charge in [0.15, 0.2) is 0 Å². The van der Waals surface area contributed by atoms with Gasteiger partial charge in [-0.05, 0) is 51.5 Å². The summed E-state index contributed by atoms with van der Waals surface area (Å²) in [4.78, 5) is 30.1. The number of rotatable bonds is 6. The molecule has 3 heterocycles. The number of ether oxygens (including phenoxy) is 1. The number of carbonyl (C=O) groups excluding carboxylic acids is 2. The first-order valence-corrected chi connectivity index (χ1v) is 9.98. The first kappa shape index (κ1) is 19.9. The van der Waals surface area contributed by atoms with Crippen LogP contribution in [0.2, 0.25) is 0 Å². The number of aromatic nitrogens is 2. The average molecular weight is 377 g/mol. The van der Waals surface area contributed by atoms with Crippen LogP contribution in [0, 0.1) is 13.8 Å². The third-order valence-electron chi connectivity index (χ3n) is 6.31. The number of carbonyl (C=O) groups is 2. The molecule has 0 bridgehead atoms. The molecule has 1 atom stereocenters. The fourth-order valence-corrected chi connectivity index (χ4v) is 4.75. The van der Waals surface area contributed by atoms with Crippen molar-refractivity contribution < 1.29 is 14.3 Å². The molecule has 2 fully saturated rings. The SMILES string of the molecule is COCCN1CCCC2(CCCN2C(=O)CCc2c(C)nn(C)c2C)C1=O. The van der Waals surface area contributed by atoms with E-state index in [1.54, 1.807) is 7.11 Å². The van der Waals surface area contributed by atoms with Crippen LogP contribution < -0.4 is 0 Å². The van der Waals surface area contributed by atoms with E-state index in [-0.39, 0.29) is 11.8 Å². The van der Waals surface area contributed by atoms with E-state index in [4.69, 9.17) is 4.74 Å². The monoisotopic (exact) mass is 376 g/mol. The van der Waals surface area contributed by atoms with Crippen LogP contribution in [0.15, 0.2) is 0 Å². The molecule has 1 unspecified atom stereocenters. The van der Waals surface area contributed by atoms with Gasteiger partial charge < -0.3 is 14.5 Å². The second-order valence-electron chi connectivity index (χ2n) is 7.84. The van der Waals surface area contributed by atoms with Gasteiger partial charge in [0.05, 0.1) is 12.3 Å². The van der Waals surface area contributed by atoms with Crippen molar-refractivity contribution >= 4 is 11.8 Å². The van der Waals surface area contributed by atoms with E-state index in [0.717, 1.165) is 49.2 Å². The maximum absolute atomic E-state index is 13.2. The maximum Gasteiger partial charge on any atom is 0.248 e. The molecule has 2 aliphatic heterocycles. The number of methoxy groups -OCH3 is 1. The Labute approximate surface area is 161 Å². The van der Waals surface area contributed by atoms with Gasteiger partial charge in [0.25, 0.3) is 0 Å². The molecule has 0 radical (unpaired) electrons. The van der Waals surface area contributed by atoms with Gasteiger partial charge in [0.1, 0.15) is 5.54 Å².